The molecular formula is C23H14N6O8S. The largest absolute Gasteiger partial charge is 0.508 e. The fourth-order valence-electron chi connectivity index (χ4n) is 3.73. The molecule has 0 aromatic heterocycles. The molecule has 0 aliphatic rings. The van der Waals surface area contributed by atoms with Crippen molar-refractivity contribution in [1.29, 1.82) is 5.39 Å². The van der Waals surface area contributed by atoms with E-state index in [2.05, 4.69) is 20.5 Å². The van der Waals surface area contributed by atoms with Crippen LogP contribution in [0.2, 0.25) is 0 Å². The van der Waals surface area contributed by atoms with Gasteiger partial charge >= 0.3 is 15.2 Å². The summed E-state index contributed by atoms with van der Waals surface area (Å²) >= 11 is 0. The minimum Gasteiger partial charge on any atom is -0.508 e. The predicted octanol–water partition coefficient (Wildman–Crippen LogP) is 1.42. The normalized spacial score (nSPS) is 12.4. The van der Waals surface area contributed by atoms with E-state index in [1.165, 1.54) is 24.3 Å². The van der Waals surface area contributed by atoms with Gasteiger partial charge in [0.15, 0.2) is 10.5 Å². The predicted molar refractivity (Wildman–Crippen MR) is 129 cm³/mol. The summed E-state index contributed by atoms with van der Waals surface area (Å²) in [4.78, 5) is 24.3. The van der Waals surface area contributed by atoms with E-state index >= 15 is 0 Å². The number of phenolic OH excluding ortho intramolecular Hbond substituents is 3. The van der Waals surface area contributed by atoms with Gasteiger partial charge in [0.1, 0.15) is 27.9 Å². The highest BCUT2D eigenvalue weighted by Gasteiger charge is 2.25. The van der Waals surface area contributed by atoms with Crippen LogP contribution in [0.3, 0.4) is 0 Å². The van der Waals surface area contributed by atoms with Crippen molar-refractivity contribution in [2.75, 3.05) is 0 Å². The second-order valence-corrected chi connectivity index (χ2v) is 9.25. The van der Waals surface area contributed by atoms with E-state index in [9.17, 15) is 33.3 Å². The lowest BCUT2D eigenvalue weighted by atomic mass is 10.0. The molecule has 190 valence electrons. The van der Waals surface area contributed by atoms with Crippen LogP contribution in [0.25, 0.3) is 21.4 Å². The highest BCUT2D eigenvalue weighted by molar-refractivity contribution is 7.87. The zero-order chi connectivity index (χ0) is 27.6. The third kappa shape index (κ3) is 4.66. The molecule has 0 radical (unpaired) electrons. The number of rotatable bonds is 6. The quantitative estimate of drug-likeness (QED) is 0.107. The standard InChI is InChI=1S/C23H14N6O8S/c24-28-26-20-19-15(22(33)23(34)21(20)27-29-25)2-1-3-18(19)38(35,36)37-14-7-5-12(17(32)10-14)8-11-4-6-13(30)9-16(11)31/h1-7,9-10,30-32H,8H2. The number of hydrogen-bond acceptors (Lipinski definition) is 11. The molecule has 4 aromatic carbocycles. The SMILES string of the molecule is N#[N+]N=c1c(=NN=[N-])c(=O)c(=O)c2cccc(S(=O)(=O)Oc3ccc(Cc4ccc(O)cc4O)c(O)c3)c12. The lowest BCUT2D eigenvalue weighted by Crippen LogP contribution is -2.48. The van der Waals surface area contributed by atoms with Crippen LogP contribution < -0.4 is 25.8 Å². The van der Waals surface area contributed by atoms with Gasteiger partial charge in [-0.25, -0.2) is 0 Å². The molecule has 0 unspecified atom stereocenters. The van der Waals surface area contributed by atoms with Gasteiger partial charge in [-0.05, 0) is 29.3 Å². The van der Waals surface area contributed by atoms with Crippen molar-refractivity contribution in [3.05, 3.63) is 108 Å². The van der Waals surface area contributed by atoms with Crippen molar-refractivity contribution in [2.45, 2.75) is 11.3 Å². The average Bonchev–Trinajstić information content (AvgIpc) is 2.87. The third-order valence-electron chi connectivity index (χ3n) is 5.42. The summed E-state index contributed by atoms with van der Waals surface area (Å²) in [5, 5.41) is 47.7. The minimum atomic E-state index is -4.78. The van der Waals surface area contributed by atoms with Gasteiger partial charge in [-0.2, -0.15) is 8.42 Å². The summed E-state index contributed by atoms with van der Waals surface area (Å²) in [5.74, 6) is -1.07. The topological polar surface area (TPSA) is 226 Å². The molecule has 38 heavy (non-hydrogen) atoms. The molecule has 0 fully saturated rings. The number of fused-ring (bicyclic) bond motifs is 1. The van der Waals surface area contributed by atoms with E-state index in [1.807, 2.05) is 0 Å². The minimum absolute atomic E-state index is 0.0375. The van der Waals surface area contributed by atoms with Gasteiger partial charge < -0.3 is 30.1 Å². The number of hydrogen-bond donors (Lipinski definition) is 3. The van der Waals surface area contributed by atoms with E-state index in [4.69, 9.17) is 15.1 Å². The maximum atomic E-state index is 13.2. The zero-order valence-corrected chi connectivity index (χ0v) is 19.7. The van der Waals surface area contributed by atoms with Gasteiger partial charge in [0.25, 0.3) is 5.39 Å². The Hall–Kier alpha value is -5.49. The molecule has 0 bridgehead atoms. The number of diazo groups is 1. The molecule has 14 nitrogen and oxygen atoms in total. The Balaban J connectivity index is 1.82. The van der Waals surface area contributed by atoms with E-state index in [-0.39, 0.29) is 29.4 Å². The van der Waals surface area contributed by atoms with Crippen molar-refractivity contribution in [3.8, 4) is 23.0 Å². The Bertz CT molecular complexity index is 2010. The van der Waals surface area contributed by atoms with Crippen LogP contribution in [0.15, 0.2) is 84.5 Å². The van der Waals surface area contributed by atoms with Gasteiger partial charge in [-0.3, -0.25) is 14.8 Å². The van der Waals surface area contributed by atoms with Gasteiger partial charge in [0.2, 0.25) is 10.9 Å². The Morgan fingerprint density at radius 1 is 0.921 bits per heavy atom. The lowest BCUT2D eigenvalue weighted by Gasteiger charge is -2.12. The highest BCUT2D eigenvalue weighted by atomic mass is 32.2. The number of nitrogens with zero attached hydrogens (tertiary/aromatic N) is 6. The summed E-state index contributed by atoms with van der Waals surface area (Å²) < 4.78 is 31.6. The molecule has 4 rings (SSSR count). The Morgan fingerprint density at radius 3 is 2.24 bits per heavy atom. The molecule has 15 heteroatoms. The smallest absolute Gasteiger partial charge is 0.339 e. The molecule has 0 heterocycles. The first-order chi connectivity index (χ1) is 18.1. The Morgan fingerprint density at radius 2 is 1.61 bits per heavy atom. The average molecular weight is 534 g/mol. The van der Waals surface area contributed by atoms with Gasteiger partial charge in [0, 0.05) is 29.3 Å². The summed E-state index contributed by atoms with van der Waals surface area (Å²) in [6, 6.07) is 10.8. The second-order valence-electron chi connectivity index (χ2n) is 7.73. The number of aromatic hydroxyl groups is 3. The summed E-state index contributed by atoms with van der Waals surface area (Å²) in [6.07, 6.45) is 0.0375. The molecule has 0 aliphatic heterocycles. The maximum absolute atomic E-state index is 13.2. The van der Waals surface area contributed by atoms with Crippen molar-refractivity contribution >= 4 is 20.9 Å². The fraction of sp³-hybridized carbons (Fsp3) is 0.0435. The van der Waals surface area contributed by atoms with Gasteiger partial charge in [-0.15, -0.1) is 0 Å². The van der Waals surface area contributed by atoms with Crippen molar-refractivity contribution in [3.63, 3.8) is 0 Å². The Kier molecular flexibility index (Phi) is 6.65. The second kappa shape index (κ2) is 9.87. The van der Waals surface area contributed by atoms with E-state index < -0.39 is 47.4 Å². The number of benzene rings is 4. The van der Waals surface area contributed by atoms with Crippen LogP contribution in [0, 0.1) is 5.39 Å². The highest BCUT2D eigenvalue weighted by Crippen LogP contribution is 2.31. The summed E-state index contributed by atoms with van der Waals surface area (Å²) in [6.45, 7) is 0. The van der Waals surface area contributed by atoms with Crippen LogP contribution in [0.5, 0.6) is 23.0 Å². The fourth-order valence-corrected chi connectivity index (χ4v) is 4.88. The summed E-state index contributed by atoms with van der Waals surface area (Å²) in [5.41, 5.74) is 6.99. The van der Waals surface area contributed by atoms with Crippen LogP contribution in [0.1, 0.15) is 11.1 Å². The van der Waals surface area contributed by atoms with E-state index in [0.29, 0.717) is 11.1 Å². The first-order valence-corrected chi connectivity index (χ1v) is 11.8. The molecule has 0 spiro atoms. The molecule has 0 atom stereocenters. The molecule has 0 amide bonds. The van der Waals surface area contributed by atoms with Crippen molar-refractivity contribution < 1.29 is 27.9 Å². The first-order valence-electron chi connectivity index (χ1n) is 10.4. The van der Waals surface area contributed by atoms with Crippen molar-refractivity contribution in [2.24, 2.45) is 15.4 Å². The van der Waals surface area contributed by atoms with Crippen LogP contribution in [-0.2, 0) is 16.5 Å². The maximum Gasteiger partial charge on any atom is 0.339 e. The molecular weight excluding hydrogens is 520 g/mol. The van der Waals surface area contributed by atoms with Crippen molar-refractivity contribution in [1.82, 2.24) is 0 Å². The van der Waals surface area contributed by atoms with Crippen LogP contribution in [0.4, 0.5) is 0 Å². The third-order valence-corrected chi connectivity index (χ3v) is 6.72. The lowest BCUT2D eigenvalue weighted by molar-refractivity contribution is 0.445. The number of phenols is 3. The molecule has 4 aromatic rings. The van der Waals surface area contributed by atoms with E-state index in [1.54, 1.807) is 0 Å². The van der Waals surface area contributed by atoms with Crippen LogP contribution >= 0.6 is 0 Å². The molecule has 0 saturated carbocycles. The zero-order valence-electron chi connectivity index (χ0n) is 18.9. The van der Waals surface area contributed by atoms with Crippen LogP contribution in [-0.4, -0.2) is 23.7 Å². The summed E-state index contributed by atoms with van der Waals surface area (Å²) in [7, 11) is -4.78. The first kappa shape index (κ1) is 25.6. The monoisotopic (exact) mass is 534 g/mol. The van der Waals surface area contributed by atoms with Gasteiger partial charge in [0.05, 0.1) is 5.36 Å². The molecule has 3 N–H and O–H groups in total. The molecule has 0 saturated heterocycles. The van der Waals surface area contributed by atoms with Gasteiger partial charge in [-0.1, -0.05) is 24.3 Å². The molecule has 0 aliphatic carbocycles. The Labute approximate surface area is 211 Å². The van der Waals surface area contributed by atoms with E-state index in [0.717, 1.165) is 30.3 Å².